The van der Waals surface area contributed by atoms with Gasteiger partial charge in [-0.25, -0.2) is 8.42 Å². The number of hydrogen-bond donors (Lipinski definition) is 1. The Morgan fingerprint density at radius 3 is 2.74 bits per heavy atom. The molecule has 2 aromatic rings. The molecule has 1 saturated heterocycles. The second kappa shape index (κ2) is 6.33. The topological polar surface area (TPSA) is 83.1 Å². The smallest absolute Gasteiger partial charge is 0.271 e. The minimum absolute atomic E-state index is 0.0806. The fraction of sp³-hybridized carbons (Fsp3) is 0.333. The van der Waals surface area contributed by atoms with Crippen LogP contribution in [0.1, 0.15) is 27.7 Å². The zero-order valence-electron chi connectivity index (χ0n) is 12.3. The number of benzene rings is 1. The molecule has 0 spiro atoms. The summed E-state index contributed by atoms with van der Waals surface area (Å²) in [6, 6.07) is 8.54. The van der Waals surface area contributed by atoms with Gasteiger partial charge >= 0.3 is 0 Å². The van der Waals surface area contributed by atoms with Crippen molar-refractivity contribution in [3.8, 4) is 0 Å². The van der Waals surface area contributed by atoms with Crippen molar-refractivity contribution in [3.63, 3.8) is 0 Å². The SMILES string of the molecule is O=C(c1ccn[nH]1)N1CCC(c2ccccc2Cl)S(=O)(=O)CC1. The number of nitrogens with zero attached hydrogens (tertiary/aromatic N) is 2. The molecule has 0 saturated carbocycles. The van der Waals surface area contributed by atoms with Gasteiger partial charge in [-0.2, -0.15) is 5.10 Å². The molecule has 1 aromatic heterocycles. The Hall–Kier alpha value is -1.86. The number of H-pyrrole nitrogens is 1. The first-order valence-electron chi connectivity index (χ1n) is 7.23. The molecule has 122 valence electrons. The average Bonchev–Trinajstić information content (AvgIpc) is 3.00. The van der Waals surface area contributed by atoms with Gasteiger partial charge < -0.3 is 4.90 Å². The third-order valence-corrected chi connectivity index (χ3v) is 6.46. The Kier molecular flexibility index (Phi) is 4.41. The maximum absolute atomic E-state index is 12.6. The van der Waals surface area contributed by atoms with E-state index in [1.54, 1.807) is 35.2 Å². The van der Waals surface area contributed by atoms with Gasteiger partial charge in [0.05, 0.1) is 11.0 Å². The molecule has 6 nitrogen and oxygen atoms in total. The van der Waals surface area contributed by atoms with Gasteiger partial charge in [-0.1, -0.05) is 29.8 Å². The number of halogens is 1. The van der Waals surface area contributed by atoms with E-state index in [2.05, 4.69) is 10.2 Å². The van der Waals surface area contributed by atoms with Crippen LogP contribution in [0, 0.1) is 0 Å². The molecule has 1 aliphatic heterocycles. The first-order valence-corrected chi connectivity index (χ1v) is 9.33. The quantitative estimate of drug-likeness (QED) is 0.895. The molecule has 1 amide bonds. The Bertz CT molecular complexity index is 805. The minimum atomic E-state index is -3.37. The molecule has 1 fully saturated rings. The first kappa shape index (κ1) is 16.0. The molecule has 8 heteroatoms. The van der Waals surface area contributed by atoms with E-state index < -0.39 is 15.1 Å². The fourth-order valence-corrected chi connectivity index (χ4v) is 4.93. The normalized spacial score (nSPS) is 20.9. The predicted octanol–water partition coefficient (Wildman–Crippen LogP) is 2.07. The maximum Gasteiger partial charge on any atom is 0.271 e. The Labute approximate surface area is 139 Å². The lowest BCUT2D eigenvalue weighted by Gasteiger charge is -2.19. The number of amides is 1. The standard InChI is InChI=1S/C15H16ClN3O3S/c16-12-4-2-1-3-11(12)14-6-8-19(9-10-23(14,21)22)15(20)13-5-7-17-18-13/h1-5,7,14H,6,8-10H2,(H,17,18). The van der Waals surface area contributed by atoms with Crippen LogP contribution < -0.4 is 0 Å². The molecule has 2 heterocycles. The van der Waals surface area contributed by atoms with E-state index in [9.17, 15) is 13.2 Å². The number of hydrogen-bond acceptors (Lipinski definition) is 4. The minimum Gasteiger partial charge on any atom is -0.336 e. The van der Waals surface area contributed by atoms with Crippen LogP contribution in [0.5, 0.6) is 0 Å². The largest absolute Gasteiger partial charge is 0.336 e. The maximum atomic E-state index is 12.6. The molecule has 1 N–H and O–H groups in total. The number of aromatic nitrogens is 2. The molecule has 3 rings (SSSR count). The summed E-state index contributed by atoms with van der Waals surface area (Å²) in [6.45, 7) is 0.522. The van der Waals surface area contributed by atoms with Crippen LogP contribution in [0.2, 0.25) is 5.02 Å². The Balaban J connectivity index is 1.86. The summed E-state index contributed by atoms with van der Waals surface area (Å²) < 4.78 is 25.2. The molecule has 0 bridgehead atoms. The van der Waals surface area contributed by atoms with Gasteiger partial charge in [-0.3, -0.25) is 9.89 Å². The van der Waals surface area contributed by atoms with Crippen LogP contribution in [0.3, 0.4) is 0 Å². The van der Waals surface area contributed by atoms with E-state index in [4.69, 9.17) is 11.6 Å². The van der Waals surface area contributed by atoms with Crippen molar-refractivity contribution < 1.29 is 13.2 Å². The molecular weight excluding hydrogens is 338 g/mol. The van der Waals surface area contributed by atoms with Gasteiger partial charge in [0.1, 0.15) is 5.69 Å². The second-order valence-corrected chi connectivity index (χ2v) is 8.14. The highest BCUT2D eigenvalue weighted by atomic mass is 35.5. The zero-order valence-corrected chi connectivity index (χ0v) is 13.8. The summed E-state index contributed by atoms with van der Waals surface area (Å²) in [4.78, 5) is 13.9. The molecular formula is C15H16ClN3O3S. The summed E-state index contributed by atoms with van der Waals surface area (Å²) in [5, 5.41) is 6.13. The lowest BCUT2D eigenvalue weighted by atomic mass is 10.1. The van der Waals surface area contributed by atoms with Crippen LogP contribution in [0.4, 0.5) is 0 Å². The third-order valence-electron chi connectivity index (χ3n) is 4.01. The fourth-order valence-electron chi connectivity index (χ4n) is 2.78. The molecule has 23 heavy (non-hydrogen) atoms. The lowest BCUT2D eigenvalue weighted by Crippen LogP contribution is -2.33. The summed E-state index contributed by atoms with van der Waals surface area (Å²) in [7, 11) is -3.37. The van der Waals surface area contributed by atoms with Gasteiger partial charge in [0.25, 0.3) is 5.91 Å². The molecule has 1 atom stereocenters. The molecule has 1 aliphatic rings. The van der Waals surface area contributed by atoms with E-state index in [0.717, 1.165) is 0 Å². The second-order valence-electron chi connectivity index (χ2n) is 5.43. The van der Waals surface area contributed by atoms with Crippen molar-refractivity contribution in [1.82, 2.24) is 15.1 Å². The highest BCUT2D eigenvalue weighted by molar-refractivity contribution is 7.91. The van der Waals surface area contributed by atoms with E-state index >= 15 is 0 Å². The van der Waals surface area contributed by atoms with Gasteiger partial charge in [0.15, 0.2) is 9.84 Å². The highest BCUT2D eigenvalue weighted by Crippen LogP contribution is 2.33. The van der Waals surface area contributed by atoms with Crippen LogP contribution >= 0.6 is 11.6 Å². The van der Waals surface area contributed by atoms with Crippen LogP contribution in [-0.4, -0.2) is 48.3 Å². The summed E-state index contributed by atoms with van der Waals surface area (Å²) in [5.41, 5.74) is 0.962. The van der Waals surface area contributed by atoms with E-state index in [1.165, 1.54) is 6.20 Å². The number of nitrogens with one attached hydrogen (secondary N) is 1. The molecule has 1 unspecified atom stereocenters. The zero-order chi connectivity index (χ0) is 16.4. The third kappa shape index (κ3) is 3.25. The Morgan fingerprint density at radius 2 is 2.04 bits per heavy atom. The number of rotatable bonds is 2. The molecule has 0 radical (unpaired) electrons. The highest BCUT2D eigenvalue weighted by Gasteiger charge is 2.34. The average molecular weight is 354 g/mol. The van der Waals surface area contributed by atoms with Crippen molar-refractivity contribution in [3.05, 3.63) is 52.8 Å². The summed E-state index contributed by atoms with van der Waals surface area (Å²) in [6.07, 6.45) is 1.82. The number of sulfone groups is 1. The van der Waals surface area contributed by atoms with Crippen molar-refractivity contribution >= 4 is 27.3 Å². The van der Waals surface area contributed by atoms with Gasteiger partial charge in [0.2, 0.25) is 0 Å². The number of carbonyl (C=O) groups is 1. The lowest BCUT2D eigenvalue weighted by molar-refractivity contribution is 0.0760. The van der Waals surface area contributed by atoms with Crippen LogP contribution in [-0.2, 0) is 9.84 Å². The van der Waals surface area contributed by atoms with Gasteiger partial charge in [-0.15, -0.1) is 0 Å². The van der Waals surface area contributed by atoms with E-state index in [1.807, 2.05) is 0 Å². The van der Waals surface area contributed by atoms with Crippen molar-refractivity contribution in [2.24, 2.45) is 0 Å². The van der Waals surface area contributed by atoms with Crippen LogP contribution in [0.15, 0.2) is 36.5 Å². The van der Waals surface area contributed by atoms with E-state index in [0.29, 0.717) is 29.2 Å². The van der Waals surface area contributed by atoms with Gasteiger partial charge in [-0.05, 0) is 24.1 Å². The van der Waals surface area contributed by atoms with Gasteiger partial charge in [0, 0.05) is 24.3 Å². The van der Waals surface area contributed by atoms with E-state index in [-0.39, 0.29) is 18.2 Å². The van der Waals surface area contributed by atoms with Crippen molar-refractivity contribution in [1.29, 1.82) is 0 Å². The first-order chi connectivity index (χ1) is 11.0. The number of aromatic amines is 1. The monoisotopic (exact) mass is 353 g/mol. The predicted molar refractivity (Wildman–Crippen MR) is 87.1 cm³/mol. The number of carbonyl (C=O) groups excluding carboxylic acids is 1. The molecule has 1 aromatic carbocycles. The summed E-state index contributed by atoms with van der Waals surface area (Å²) in [5.74, 6) is -0.319. The Morgan fingerprint density at radius 1 is 1.26 bits per heavy atom. The van der Waals surface area contributed by atoms with Crippen molar-refractivity contribution in [2.45, 2.75) is 11.7 Å². The van der Waals surface area contributed by atoms with Crippen LogP contribution in [0.25, 0.3) is 0 Å². The van der Waals surface area contributed by atoms with Crippen molar-refractivity contribution in [2.75, 3.05) is 18.8 Å². The molecule has 0 aliphatic carbocycles. The summed E-state index contributed by atoms with van der Waals surface area (Å²) >= 11 is 6.16.